The Morgan fingerprint density at radius 2 is 2.31 bits per heavy atom. The molecular weight excluding hydrogens is 246 g/mol. The first-order valence-corrected chi connectivity index (χ1v) is 5.84. The van der Waals surface area contributed by atoms with E-state index in [1.54, 1.807) is 13.2 Å². The predicted octanol–water partition coefficient (Wildman–Crippen LogP) is 2.96. The van der Waals surface area contributed by atoms with Crippen LogP contribution in [0.3, 0.4) is 0 Å². The summed E-state index contributed by atoms with van der Waals surface area (Å²) in [4.78, 5) is 5.07. The number of hydrogen-bond acceptors (Lipinski definition) is 4. The summed E-state index contributed by atoms with van der Waals surface area (Å²) in [7, 11) is 1.56. The number of halogens is 1. The van der Waals surface area contributed by atoms with Gasteiger partial charge < -0.3 is 9.84 Å². The van der Waals surface area contributed by atoms with E-state index in [0.717, 1.165) is 16.1 Å². The molecule has 1 N–H and O–H groups in total. The van der Waals surface area contributed by atoms with Gasteiger partial charge in [0.1, 0.15) is 0 Å². The lowest BCUT2D eigenvalue weighted by atomic mass is 10.1. The third-order valence-electron chi connectivity index (χ3n) is 2.09. The lowest BCUT2D eigenvalue weighted by Gasteiger charge is -1.99. The zero-order valence-corrected chi connectivity index (χ0v) is 10.2. The van der Waals surface area contributed by atoms with E-state index in [1.807, 2.05) is 18.2 Å². The van der Waals surface area contributed by atoms with Crippen LogP contribution in [0.4, 0.5) is 0 Å². The van der Waals surface area contributed by atoms with Gasteiger partial charge in [-0.25, -0.2) is 4.98 Å². The van der Waals surface area contributed by atoms with Gasteiger partial charge in [0.05, 0.1) is 24.3 Å². The van der Waals surface area contributed by atoms with Crippen molar-refractivity contribution in [1.82, 2.24) is 4.98 Å². The molecule has 0 aliphatic carbocycles. The van der Waals surface area contributed by atoms with Crippen molar-refractivity contribution in [3.63, 3.8) is 0 Å². The van der Waals surface area contributed by atoms with Crippen LogP contribution in [-0.4, -0.2) is 17.2 Å². The first-order valence-electron chi connectivity index (χ1n) is 4.65. The second kappa shape index (κ2) is 4.82. The Kier molecular flexibility index (Phi) is 3.43. The summed E-state index contributed by atoms with van der Waals surface area (Å²) < 4.78 is 5.05. The van der Waals surface area contributed by atoms with Gasteiger partial charge in [0.15, 0.2) is 0 Å². The van der Waals surface area contributed by atoms with Gasteiger partial charge in [-0.1, -0.05) is 35.1 Å². The molecule has 2 aromatic rings. The van der Waals surface area contributed by atoms with Crippen molar-refractivity contribution in [3.8, 4) is 16.5 Å². The third kappa shape index (κ3) is 2.19. The molecule has 2 rings (SSSR count). The molecule has 0 spiro atoms. The molecule has 0 aliphatic rings. The fraction of sp³-hybridized carbons (Fsp3) is 0.182. The Bertz CT molecular complexity index is 498. The van der Waals surface area contributed by atoms with Crippen molar-refractivity contribution in [2.45, 2.75) is 6.61 Å². The number of ether oxygens (including phenoxy) is 1. The van der Waals surface area contributed by atoms with Crippen molar-refractivity contribution in [2.24, 2.45) is 0 Å². The Balaban J connectivity index is 2.50. The average molecular weight is 256 g/mol. The van der Waals surface area contributed by atoms with E-state index in [9.17, 15) is 5.11 Å². The molecule has 0 amide bonds. The summed E-state index contributed by atoms with van der Waals surface area (Å²) in [5.41, 5.74) is 1.61. The molecule has 0 bridgehead atoms. The number of methoxy groups -OCH3 is 1. The molecule has 1 aromatic carbocycles. The maximum absolute atomic E-state index is 9.24. The van der Waals surface area contributed by atoms with Crippen molar-refractivity contribution < 1.29 is 9.84 Å². The van der Waals surface area contributed by atoms with Crippen molar-refractivity contribution in [1.29, 1.82) is 0 Å². The second-order valence-electron chi connectivity index (χ2n) is 3.12. The van der Waals surface area contributed by atoms with Gasteiger partial charge in [-0.3, -0.25) is 0 Å². The molecule has 0 aliphatic heterocycles. The number of aromatic nitrogens is 1. The highest BCUT2D eigenvalue weighted by Gasteiger charge is 2.12. The molecule has 1 aromatic heterocycles. The monoisotopic (exact) mass is 255 g/mol. The summed E-state index contributed by atoms with van der Waals surface area (Å²) in [6, 6.07) is 7.37. The minimum atomic E-state index is -0.0527. The van der Waals surface area contributed by atoms with Gasteiger partial charge >= 0.3 is 0 Å². The summed E-state index contributed by atoms with van der Waals surface area (Å²) in [6.07, 6.45) is 0. The van der Waals surface area contributed by atoms with Gasteiger partial charge in [0.2, 0.25) is 0 Å². The van der Waals surface area contributed by atoms with Crippen molar-refractivity contribution >= 4 is 22.9 Å². The lowest BCUT2D eigenvalue weighted by molar-refractivity contribution is 0.286. The predicted molar refractivity (Wildman–Crippen MR) is 65.0 cm³/mol. The molecule has 0 radical (unpaired) electrons. The van der Waals surface area contributed by atoms with E-state index in [1.165, 1.54) is 11.3 Å². The molecule has 0 atom stereocenters. The van der Waals surface area contributed by atoms with Crippen LogP contribution in [0.5, 0.6) is 5.19 Å². The van der Waals surface area contributed by atoms with Crippen LogP contribution in [0.2, 0.25) is 5.02 Å². The van der Waals surface area contributed by atoms with E-state index < -0.39 is 0 Å². The minimum absolute atomic E-state index is 0.0527. The Hall–Kier alpha value is -1.10. The summed E-state index contributed by atoms with van der Waals surface area (Å²) >= 11 is 7.25. The molecule has 1 heterocycles. The largest absolute Gasteiger partial charge is 0.473 e. The van der Waals surface area contributed by atoms with Crippen LogP contribution in [-0.2, 0) is 6.61 Å². The van der Waals surface area contributed by atoms with Gasteiger partial charge in [-0.2, -0.15) is 0 Å². The van der Waals surface area contributed by atoms with Crippen LogP contribution in [0, 0.1) is 0 Å². The van der Waals surface area contributed by atoms with E-state index in [4.69, 9.17) is 16.3 Å². The van der Waals surface area contributed by atoms with Crippen molar-refractivity contribution in [3.05, 3.63) is 34.2 Å². The Morgan fingerprint density at radius 1 is 1.50 bits per heavy atom. The third-order valence-corrected chi connectivity index (χ3v) is 3.33. The molecule has 16 heavy (non-hydrogen) atoms. The van der Waals surface area contributed by atoms with E-state index in [0.29, 0.717) is 10.2 Å². The van der Waals surface area contributed by atoms with Gasteiger partial charge in [0, 0.05) is 10.6 Å². The molecule has 5 heteroatoms. The number of aliphatic hydroxyl groups is 1. The maximum Gasteiger partial charge on any atom is 0.273 e. The molecule has 0 saturated heterocycles. The average Bonchev–Trinajstić information content (AvgIpc) is 2.72. The summed E-state index contributed by atoms with van der Waals surface area (Å²) in [5.74, 6) is 0. The highest BCUT2D eigenvalue weighted by molar-refractivity contribution is 7.13. The smallest absolute Gasteiger partial charge is 0.273 e. The van der Waals surface area contributed by atoms with Gasteiger partial charge in [0.25, 0.3) is 5.19 Å². The second-order valence-corrected chi connectivity index (χ2v) is 4.61. The SMILES string of the molecule is COc1nc(-c2cccc(Cl)c2)c(CO)s1. The van der Waals surface area contributed by atoms with E-state index in [2.05, 4.69) is 4.98 Å². The van der Waals surface area contributed by atoms with Gasteiger partial charge in [-0.15, -0.1) is 0 Å². The molecule has 3 nitrogen and oxygen atoms in total. The Morgan fingerprint density at radius 3 is 2.94 bits per heavy atom. The van der Waals surface area contributed by atoms with E-state index in [-0.39, 0.29) is 6.61 Å². The van der Waals surface area contributed by atoms with Crippen LogP contribution in [0.15, 0.2) is 24.3 Å². The number of hydrogen-bond donors (Lipinski definition) is 1. The molecular formula is C11H10ClNO2S. The first kappa shape index (κ1) is 11.4. The number of rotatable bonds is 3. The standard InChI is InChI=1S/C11H10ClNO2S/c1-15-11-13-10(9(6-14)16-11)7-3-2-4-8(12)5-7/h2-5,14H,6H2,1H3. The number of aliphatic hydroxyl groups excluding tert-OH is 1. The number of thiazole rings is 1. The van der Waals surface area contributed by atoms with Crippen LogP contribution >= 0.6 is 22.9 Å². The van der Waals surface area contributed by atoms with Crippen LogP contribution < -0.4 is 4.74 Å². The highest BCUT2D eigenvalue weighted by atomic mass is 35.5. The Labute approximate surface area is 102 Å². The molecule has 0 saturated carbocycles. The van der Waals surface area contributed by atoms with E-state index >= 15 is 0 Å². The fourth-order valence-corrected chi connectivity index (χ4v) is 2.33. The normalized spacial score (nSPS) is 10.4. The highest BCUT2D eigenvalue weighted by Crippen LogP contribution is 2.33. The number of benzene rings is 1. The van der Waals surface area contributed by atoms with Crippen LogP contribution in [0.25, 0.3) is 11.3 Å². The number of nitrogens with zero attached hydrogens (tertiary/aromatic N) is 1. The quantitative estimate of drug-likeness (QED) is 0.917. The minimum Gasteiger partial charge on any atom is -0.473 e. The zero-order valence-electron chi connectivity index (χ0n) is 8.61. The topological polar surface area (TPSA) is 42.4 Å². The fourth-order valence-electron chi connectivity index (χ4n) is 1.39. The lowest BCUT2D eigenvalue weighted by Crippen LogP contribution is -1.85. The maximum atomic E-state index is 9.24. The van der Waals surface area contributed by atoms with Crippen LogP contribution in [0.1, 0.15) is 4.88 Å². The first-order chi connectivity index (χ1) is 7.74. The summed E-state index contributed by atoms with van der Waals surface area (Å²) in [5, 5.41) is 10.4. The van der Waals surface area contributed by atoms with Gasteiger partial charge in [-0.05, 0) is 12.1 Å². The molecule has 0 unspecified atom stereocenters. The molecule has 84 valence electrons. The zero-order chi connectivity index (χ0) is 11.5. The molecule has 0 fully saturated rings. The van der Waals surface area contributed by atoms with Crippen molar-refractivity contribution in [2.75, 3.05) is 7.11 Å². The summed E-state index contributed by atoms with van der Waals surface area (Å²) in [6.45, 7) is -0.0527.